The second-order valence-corrected chi connectivity index (χ2v) is 5.34. The van der Waals surface area contributed by atoms with Gasteiger partial charge in [-0.1, -0.05) is 0 Å². The number of alkyl halides is 3. The molecule has 1 unspecified atom stereocenters. The molecule has 2 heterocycles. The van der Waals surface area contributed by atoms with Gasteiger partial charge >= 0.3 is 18.1 Å². The topological polar surface area (TPSA) is 87.2 Å². The number of halogens is 3. The lowest BCUT2D eigenvalue weighted by atomic mass is 9.86. The zero-order chi connectivity index (χ0) is 16.5. The van der Waals surface area contributed by atoms with Crippen LogP contribution < -0.4 is 0 Å². The molecule has 2 aliphatic heterocycles. The molecule has 2 saturated heterocycles. The lowest BCUT2D eigenvalue weighted by Crippen LogP contribution is -2.61. The van der Waals surface area contributed by atoms with Crippen LogP contribution in [0.15, 0.2) is 0 Å². The number of piperidine rings is 1. The van der Waals surface area contributed by atoms with Crippen LogP contribution in [-0.2, 0) is 19.2 Å². The first-order valence-electron chi connectivity index (χ1n) is 6.75. The van der Waals surface area contributed by atoms with Gasteiger partial charge in [0, 0.05) is 13.1 Å². The van der Waals surface area contributed by atoms with Gasteiger partial charge in [0.05, 0.1) is 0 Å². The molecule has 1 atom stereocenters. The maximum Gasteiger partial charge on any atom is 0.492 e. The van der Waals surface area contributed by atoms with Crippen molar-refractivity contribution in [2.24, 2.45) is 0 Å². The number of carboxylic acids is 1. The van der Waals surface area contributed by atoms with Crippen LogP contribution in [0.3, 0.4) is 0 Å². The Kier molecular flexibility index (Phi) is 4.32. The number of hydrogen-bond acceptors (Lipinski definition) is 5. The van der Waals surface area contributed by atoms with E-state index in [1.54, 1.807) is 0 Å². The first kappa shape index (κ1) is 16.5. The molecule has 2 fully saturated rings. The third-order valence-corrected chi connectivity index (χ3v) is 3.88. The smallest absolute Gasteiger partial charge is 0.480 e. The third-order valence-electron chi connectivity index (χ3n) is 3.88. The van der Waals surface area contributed by atoms with Crippen molar-refractivity contribution in [1.29, 1.82) is 0 Å². The van der Waals surface area contributed by atoms with Crippen molar-refractivity contribution in [2.75, 3.05) is 19.6 Å². The molecule has 0 aromatic rings. The minimum Gasteiger partial charge on any atom is -0.480 e. The van der Waals surface area contributed by atoms with Gasteiger partial charge < -0.3 is 14.8 Å². The van der Waals surface area contributed by atoms with E-state index in [1.165, 1.54) is 0 Å². The number of carbonyl (C=O) groups excluding carboxylic acids is 2. The molecule has 1 amide bonds. The van der Waals surface area contributed by atoms with Crippen LogP contribution in [-0.4, -0.2) is 64.3 Å². The Balaban J connectivity index is 2.17. The molecule has 0 aromatic carbocycles. The van der Waals surface area contributed by atoms with Crippen LogP contribution in [0.2, 0.25) is 0 Å². The summed E-state index contributed by atoms with van der Waals surface area (Å²) < 4.78 is 37.0. The lowest BCUT2D eigenvalue weighted by Gasteiger charge is -2.42. The maximum absolute atomic E-state index is 12.5. The molecule has 2 aliphatic rings. The third kappa shape index (κ3) is 3.01. The van der Waals surface area contributed by atoms with Gasteiger partial charge in [0.15, 0.2) is 0 Å². The largest absolute Gasteiger partial charge is 0.492 e. The van der Waals surface area contributed by atoms with Crippen LogP contribution in [0.5, 0.6) is 0 Å². The number of hydrogen-bond donors (Lipinski definition) is 1. The van der Waals surface area contributed by atoms with Crippen molar-refractivity contribution in [3.05, 3.63) is 0 Å². The van der Waals surface area contributed by atoms with Crippen LogP contribution >= 0.6 is 0 Å². The fourth-order valence-electron chi connectivity index (χ4n) is 2.98. The number of nitrogens with zero attached hydrogens (tertiary/aromatic N) is 2. The monoisotopic (exact) mass is 324 g/mol. The van der Waals surface area contributed by atoms with Crippen LogP contribution in [0, 0.1) is 0 Å². The number of carboxylic acid groups (broad SMARTS) is 1. The standard InChI is InChI=1S/C12H15F3N2O5/c13-12(14,15)10(21)22-17-6-2-4-11(17)3-1-5-16(9(11)20)7-8(18)19/h1-7H2,(H,18,19). The first-order chi connectivity index (χ1) is 10.2. The first-order valence-corrected chi connectivity index (χ1v) is 6.75. The Labute approximate surface area is 123 Å². The van der Waals surface area contributed by atoms with E-state index in [4.69, 9.17) is 5.11 Å². The fourth-order valence-corrected chi connectivity index (χ4v) is 2.98. The number of likely N-dealkylation sites (tertiary alicyclic amines) is 1. The Hall–Kier alpha value is -1.84. The fraction of sp³-hybridized carbons (Fsp3) is 0.750. The summed E-state index contributed by atoms with van der Waals surface area (Å²) in [7, 11) is 0. The van der Waals surface area contributed by atoms with Gasteiger partial charge in [0.1, 0.15) is 12.1 Å². The van der Waals surface area contributed by atoms with E-state index in [9.17, 15) is 27.6 Å². The number of hydroxylamine groups is 2. The molecule has 2 rings (SSSR count). The highest BCUT2D eigenvalue weighted by Crippen LogP contribution is 2.39. The van der Waals surface area contributed by atoms with E-state index < -0.39 is 36.1 Å². The normalized spacial score (nSPS) is 26.5. The Morgan fingerprint density at radius 1 is 1.23 bits per heavy atom. The summed E-state index contributed by atoms with van der Waals surface area (Å²) in [5, 5.41) is 9.57. The quantitative estimate of drug-likeness (QED) is 0.816. The molecule has 0 aromatic heterocycles. The average Bonchev–Trinajstić information content (AvgIpc) is 2.77. The van der Waals surface area contributed by atoms with Crippen molar-refractivity contribution in [3.63, 3.8) is 0 Å². The highest BCUT2D eigenvalue weighted by atomic mass is 19.4. The zero-order valence-electron chi connectivity index (χ0n) is 11.6. The summed E-state index contributed by atoms with van der Waals surface area (Å²) in [6, 6.07) is 0. The number of rotatable bonds is 3. The molecule has 124 valence electrons. The van der Waals surface area contributed by atoms with Gasteiger partial charge in [-0.3, -0.25) is 9.59 Å². The molecule has 7 nitrogen and oxygen atoms in total. The van der Waals surface area contributed by atoms with Crippen molar-refractivity contribution in [3.8, 4) is 0 Å². The van der Waals surface area contributed by atoms with Crippen LogP contribution in [0.4, 0.5) is 13.2 Å². The molecule has 22 heavy (non-hydrogen) atoms. The van der Waals surface area contributed by atoms with Gasteiger partial charge in [-0.05, 0) is 25.7 Å². The molecule has 0 bridgehead atoms. The summed E-state index contributed by atoms with van der Waals surface area (Å²) in [4.78, 5) is 39.7. The van der Waals surface area contributed by atoms with E-state index in [2.05, 4.69) is 4.84 Å². The van der Waals surface area contributed by atoms with Gasteiger partial charge in [0.2, 0.25) is 5.91 Å². The van der Waals surface area contributed by atoms with Crippen molar-refractivity contribution in [1.82, 2.24) is 9.96 Å². The van der Waals surface area contributed by atoms with Crippen LogP contribution in [0.1, 0.15) is 25.7 Å². The SMILES string of the molecule is O=C(O)CN1CCCC2(CCCN2OC(=O)C(F)(F)F)C1=O. The van der Waals surface area contributed by atoms with Crippen molar-refractivity contribution >= 4 is 17.8 Å². The lowest BCUT2D eigenvalue weighted by molar-refractivity contribution is -0.254. The summed E-state index contributed by atoms with van der Waals surface area (Å²) in [6.07, 6.45) is -3.88. The summed E-state index contributed by atoms with van der Waals surface area (Å²) in [5.41, 5.74) is -1.38. The maximum atomic E-state index is 12.5. The van der Waals surface area contributed by atoms with E-state index in [1.807, 2.05) is 0 Å². The second-order valence-electron chi connectivity index (χ2n) is 5.34. The minimum absolute atomic E-state index is 0.00840. The number of aliphatic carboxylic acids is 1. The molecule has 0 saturated carbocycles. The van der Waals surface area contributed by atoms with E-state index in [0.29, 0.717) is 12.8 Å². The molecule has 10 heteroatoms. The number of amides is 1. The van der Waals surface area contributed by atoms with Gasteiger partial charge in [-0.2, -0.15) is 13.2 Å². The molecule has 0 aliphatic carbocycles. The van der Waals surface area contributed by atoms with E-state index >= 15 is 0 Å². The minimum atomic E-state index is -5.15. The van der Waals surface area contributed by atoms with E-state index in [-0.39, 0.29) is 25.9 Å². The van der Waals surface area contributed by atoms with Crippen LogP contribution in [0.25, 0.3) is 0 Å². The summed E-state index contributed by atoms with van der Waals surface area (Å²) in [5.74, 6) is -4.19. The van der Waals surface area contributed by atoms with Gasteiger partial charge in [0.25, 0.3) is 0 Å². The predicted octanol–water partition coefficient (Wildman–Crippen LogP) is 0.548. The van der Waals surface area contributed by atoms with Gasteiger partial charge in [-0.25, -0.2) is 4.79 Å². The Morgan fingerprint density at radius 3 is 2.36 bits per heavy atom. The Morgan fingerprint density at radius 2 is 1.82 bits per heavy atom. The summed E-state index contributed by atoms with van der Waals surface area (Å²) in [6.45, 7) is -0.302. The second kappa shape index (κ2) is 5.75. The highest BCUT2D eigenvalue weighted by molar-refractivity contribution is 5.90. The molecule has 1 spiro atoms. The van der Waals surface area contributed by atoms with Crippen molar-refractivity contribution < 1.29 is 37.5 Å². The predicted molar refractivity (Wildman–Crippen MR) is 64.3 cm³/mol. The van der Waals surface area contributed by atoms with Gasteiger partial charge in [-0.15, -0.1) is 5.06 Å². The molecular formula is C12H15F3N2O5. The molecule has 0 radical (unpaired) electrons. The Bertz CT molecular complexity index is 496. The average molecular weight is 324 g/mol. The zero-order valence-corrected chi connectivity index (χ0v) is 11.6. The molecule has 1 N–H and O–H groups in total. The highest BCUT2D eigenvalue weighted by Gasteiger charge is 2.55. The summed E-state index contributed by atoms with van der Waals surface area (Å²) >= 11 is 0. The van der Waals surface area contributed by atoms with E-state index in [0.717, 1.165) is 9.96 Å². The number of carbonyl (C=O) groups is 3. The van der Waals surface area contributed by atoms with Crippen molar-refractivity contribution in [2.45, 2.75) is 37.4 Å². The molecular weight excluding hydrogens is 309 g/mol.